The normalized spacial score (nSPS) is 15.0. The van der Waals surface area contributed by atoms with Gasteiger partial charge in [-0.15, -0.1) is 10.2 Å². The van der Waals surface area contributed by atoms with Gasteiger partial charge in [0, 0.05) is 11.1 Å². The fourth-order valence-electron chi connectivity index (χ4n) is 3.49. The van der Waals surface area contributed by atoms with Gasteiger partial charge in [-0.05, 0) is 42.5 Å². The quantitative estimate of drug-likeness (QED) is 0.432. The lowest BCUT2D eigenvalue weighted by atomic mass is 10.2. The highest BCUT2D eigenvalue weighted by Crippen LogP contribution is 2.38. The zero-order chi connectivity index (χ0) is 20.9. The van der Waals surface area contributed by atoms with Crippen LogP contribution in [0.2, 0.25) is 0 Å². The van der Waals surface area contributed by atoms with Crippen LogP contribution in [0.25, 0.3) is 10.9 Å². The molecule has 8 nitrogen and oxygen atoms in total. The predicted molar refractivity (Wildman–Crippen MR) is 119 cm³/mol. The molecule has 1 aliphatic rings. The van der Waals surface area contributed by atoms with Gasteiger partial charge in [0.1, 0.15) is 18.8 Å². The van der Waals surface area contributed by atoms with E-state index in [0.717, 1.165) is 48.6 Å². The van der Waals surface area contributed by atoms with E-state index >= 15 is 0 Å². The highest BCUT2D eigenvalue weighted by atomic mass is 32.1. The SMILES string of the molecule is COc1ccc(NC(=S)N=Nc2c(O)n(C[NH+]3CCOCC3)c3ccccc23)cc1. The lowest BCUT2D eigenvalue weighted by Gasteiger charge is -2.24. The van der Waals surface area contributed by atoms with Crippen LogP contribution in [0.4, 0.5) is 11.4 Å². The van der Waals surface area contributed by atoms with E-state index < -0.39 is 0 Å². The number of nitrogens with zero attached hydrogens (tertiary/aromatic N) is 3. The van der Waals surface area contributed by atoms with Crippen molar-refractivity contribution >= 4 is 39.6 Å². The Morgan fingerprint density at radius 2 is 1.93 bits per heavy atom. The van der Waals surface area contributed by atoms with Crippen molar-refractivity contribution in [3.8, 4) is 11.6 Å². The fourth-order valence-corrected chi connectivity index (χ4v) is 3.65. The second-order valence-electron chi connectivity index (χ2n) is 7.00. The summed E-state index contributed by atoms with van der Waals surface area (Å²) in [6, 6.07) is 15.1. The monoisotopic (exact) mass is 426 g/mol. The van der Waals surface area contributed by atoms with Crippen molar-refractivity contribution in [2.45, 2.75) is 6.67 Å². The van der Waals surface area contributed by atoms with Gasteiger partial charge in [-0.1, -0.05) is 18.2 Å². The minimum absolute atomic E-state index is 0.0891. The average molecular weight is 427 g/mol. The number of aromatic hydroxyl groups is 1. The Hall–Kier alpha value is -3.01. The number of thiocarbonyl (C=S) groups is 1. The van der Waals surface area contributed by atoms with Crippen molar-refractivity contribution in [1.82, 2.24) is 4.57 Å². The van der Waals surface area contributed by atoms with E-state index in [-0.39, 0.29) is 11.0 Å². The van der Waals surface area contributed by atoms with Crippen molar-refractivity contribution in [1.29, 1.82) is 0 Å². The first-order chi connectivity index (χ1) is 14.7. The standard InChI is InChI=1S/C21H23N5O3S/c1-28-16-8-6-15(7-9-16)22-21(30)24-23-19-17-4-2-3-5-18(17)26(20(19)27)14-25-10-12-29-13-11-25/h2-9,27H,10-14H2,1H3,(H,22,30)/p+1. The fraction of sp³-hybridized carbons (Fsp3) is 0.286. The molecule has 0 bridgehead atoms. The van der Waals surface area contributed by atoms with Gasteiger partial charge in [0.2, 0.25) is 11.0 Å². The minimum Gasteiger partial charge on any atom is -0.497 e. The van der Waals surface area contributed by atoms with Gasteiger partial charge in [0.15, 0.2) is 12.4 Å². The Morgan fingerprint density at radius 3 is 2.67 bits per heavy atom. The number of quaternary nitrogens is 1. The minimum atomic E-state index is 0.0891. The van der Waals surface area contributed by atoms with Crippen LogP contribution in [-0.4, -0.2) is 48.2 Å². The van der Waals surface area contributed by atoms with Crippen LogP contribution in [0.3, 0.4) is 0 Å². The number of fused-ring (bicyclic) bond motifs is 1. The maximum Gasteiger partial charge on any atom is 0.225 e. The van der Waals surface area contributed by atoms with Crippen LogP contribution in [-0.2, 0) is 11.4 Å². The summed E-state index contributed by atoms with van der Waals surface area (Å²) in [4.78, 5) is 1.34. The highest BCUT2D eigenvalue weighted by molar-refractivity contribution is 7.80. The third-order valence-electron chi connectivity index (χ3n) is 5.08. The van der Waals surface area contributed by atoms with Gasteiger partial charge in [-0.25, -0.2) is 0 Å². The number of rotatable bonds is 5. The van der Waals surface area contributed by atoms with Crippen molar-refractivity contribution in [2.24, 2.45) is 10.2 Å². The molecule has 1 aliphatic heterocycles. The Kier molecular flexibility index (Phi) is 6.22. The smallest absolute Gasteiger partial charge is 0.225 e. The van der Waals surface area contributed by atoms with Gasteiger partial charge in [-0.2, -0.15) is 0 Å². The first-order valence-electron chi connectivity index (χ1n) is 9.74. The number of morpholine rings is 1. The zero-order valence-corrected chi connectivity index (χ0v) is 17.5. The topological polar surface area (TPSA) is 84.8 Å². The molecule has 0 unspecified atom stereocenters. The van der Waals surface area contributed by atoms with Gasteiger partial charge >= 0.3 is 0 Å². The molecule has 0 spiro atoms. The maximum absolute atomic E-state index is 10.9. The molecule has 1 fully saturated rings. The van der Waals surface area contributed by atoms with Crippen LogP contribution in [0.1, 0.15) is 0 Å². The van der Waals surface area contributed by atoms with E-state index in [9.17, 15) is 5.11 Å². The molecule has 3 aromatic rings. The largest absolute Gasteiger partial charge is 0.497 e. The third kappa shape index (κ3) is 4.43. The van der Waals surface area contributed by atoms with E-state index in [1.807, 2.05) is 53.1 Å². The summed E-state index contributed by atoms with van der Waals surface area (Å²) in [5, 5.41) is 23.3. The summed E-state index contributed by atoms with van der Waals surface area (Å²) in [7, 11) is 1.62. The highest BCUT2D eigenvalue weighted by Gasteiger charge is 2.21. The molecule has 0 saturated carbocycles. The first-order valence-corrected chi connectivity index (χ1v) is 10.1. The number of hydrogen-bond acceptors (Lipinski definition) is 5. The van der Waals surface area contributed by atoms with E-state index in [2.05, 4.69) is 15.5 Å². The molecule has 3 N–H and O–H groups in total. The molecule has 1 saturated heterocycles. The van der Waals surface area contributed by atoms with Crippen LogP contribution < -0.4 is 15.0 Å². The number of hydrogen-bond donors (Lipinski definition) is 3. The number of azo groups is 1. The number of benzene rings is 2. The van der Waals surface area contributed by atoms with Gasteiger partial charge < -0.3 is 24.8 Å². The van der Waals surface area contributed by atoms with Crippen molar-refractivity contribution in [3.63, 3.8) is 0 Å². The van der Waals surface area contributed by atoms with Crippen LogP contribution >= 0.6 is 12.2 Å². The van der Waals surface area contributed by atoms with Gasteiger partial charge in [0.25, 0.3) is 0 Å². The van der Waals surface area contributed by atoms with Crippen LogP contribution in [0.5, 0.6) is 11.6 Å². The number of ether oxygens (including phenoxy) is 2. The number of nitrogens with one attached hydrogen (secondary N) is 2. The number of methoxy groups -OCH3 is 1. The summed E-state index contributed by atoms with van der Waals surface area (Å²) < 4.78 is 12.5. The molecule has 1 aromatic heterocycles. The second kappa shape index (κ2) is 9.21. The van der Waals surface area contributed by atoms with Crippen molar-refractivity contribution in [2.75, 3.05) is 38.7 Å². The van der Waals surface area contributed by atoms with Crippen molar-refractivity contribution in [3.05, 3.63) is 48.5 Å². The van der Waals surface area contributed by atoms with E-state index in [0.29, 0.717) is 12.4 Å². The zero-order valence-electron chi connectivity index (χ0n) is 16.7. The van der Waals surface area contributed by atoms with Gasteiger partial charge in [-0.3, -0.25) is 4.57 Å². The lowest BCUT2D eigenvalue weighted by Crippen LogP contribution is -3.13. The number of anilines is 1. The van der Waals surface area contributed by atoms with E-state index in [4.69, 9.17) is 21.7 Å². The Bertz CT molecular complexity index is 1060. The Labute approximate surface area is 179 Å². The maximum atomic E-state index is 10.9. The lowest BCUT2D eigenvalue weighted by molar-refractivity contribution is -0.930. The molecular formula is C21H24N5O3S+. The molecule has 0 aliphatic carbocycles. The first kappa shape index (κ1) is 20.3. The van der Waals surface area contributed by atoms with E-state index in [1.54, 1.807) is 7.11 Å². The molecule has 156 valence electrons. The molecular weight excluding hydrogens is 402 g/mol. The summed E-state index contributed by atoms with van der Waals surface area (Å²) in [5.74, 6) is 0.847. The predicted octanol–water partition coefficient (Wildman–Crippen LogP) is 2.71. The molecule has 4 rings (SSSR count). The summed E-state index contributed by atoms with van der Waals surface area (Å²) in [6.45, 7) is 3.90. The Morgan fingerprint density at radius 1 is 1.20 bits per heavy atom. The third-order valence-corrected chi connectivity index (χ3v) is 5.26. The number of aromatic nitrogens is 1. The van der Waals surface area contributed by atoms with Gasteiger partial charge in [0.05, 0.1) is 25.8 Å². The summed E-state index contributed by atoms with van der Waals surface area (Å²) >= 11 is 5.29. The molecule has 0 amide bonds. The molecule has 2 heterocycles. The second-order valence-corrected chi connectivity index (χ2v) is 7.38. The number of para-hydroxylation sites is 1. The van der Waals surface area contributed by atoms with Crippen molar-refractivity contribution < 1.29 is 19.5 Å². The van der Waals surface area contributed by atoms with Crippen LogP contribution in [0, 0.1) is 0 Å². The molecule has 0 atom stereocenters. The summed E-state index contributed by atoms with van der Waals surface area (Å²) in [6.07, 6.45) is 0. The molecule has 30 heavy (non-hydrogen) atoms. The molecule has 9 heteroatoms. The average Bonchev–Trinajstić information content (AvgIpc) is 3.04. The summed E-state index contributed by atoms with van der Waals surface area (Å²) in [5.41, 5.74) is 2.11. The van der Waals surface area contributed by atoms with E-state index in [1.165, 1.54) is 4.90 Å². The van der Waals surface area contributed by atoms with Crippen LogP contribution in [0.15, 0.2) is 58.8 Å². The molecule has 2 aromatic carbocycles. The Balaban J connectivity index is 1.55. The molecule has 0 radical (unpaired) electrons.